The van der Waals surface area contributed by atoms with Gasteiger partial charge in [0.2, 0.25) is 0 Å². The van der Waals surface area contributed by atoms with Gasteiger partial charge >= 0.3 is 0 Å². The van der Waals surface area contributed by atoms with Crippen LogP contribution < -0.4 is 5.73 Å². The molecule has 2 N–H and O–H groups in total. The lowest BCUT2D eigenvalue weighted by Crippen LogP contribution is -2.17. The molecule has 1 atom stereocenters. The second-order valence-corrected chi connectivity index (χ2v) is 6.58. The van der Waals surface area contributed by atoms with Gasteiger partial charge in [-0.1, -0.05) is 12.8 Å². The minimum atomic E-state index is 0. The van der Waals surface area contributed by atoms with Crippen LogP contribution in [0.5, 0.6) is 0 Å². The van der Waals surface area contributed by atoms with Crippen molar-refractivity contribution in [3.05, 3.63) is 20.3 Å². The zero-order chi connectivity index (χ0) is 10.1. The van der Waals surface area contributed by atoms with E-state index in [0.29, 0.717) is 0 Å². The number of nitrogens with two attached hydrogens (primary N) is 1. The van der Waals surface area contributed by atoms with E-state index in [1.807, 2.05) is 0 Å². The highest BCUT2D eigenvalue weighted by atomic mass is 79.9. The van der Waals surface area contributed by atoms with Crippen LogP contribution in [0.25, 0.3) is 0 Å². The molecule has 15 heavy (non-hydrogen) atoms. The molecule has 0 aliphatic heterocycles. The van der Waals surface area contributed by atoms with Crippen LogP contribution in [0.1, 0.15) is 42.2 Å². The number of halogens is 2. The first-order valence-corrected chi connectivity index (χ1v) is 6.81. The van der Waals surface area contributed by atoms with Crippen molar-refractivity contribution >= 4 is 39.7 Å². The first-order valence-electron chi connectivity index (χ1n) is 5.20. The fourth-order valence-electron chi connectivity index (χ4n) is 2.20. The molecule has 0 amide bonds. The number of hydrogen-bond donors (Lipinski definition) is 1. The van der Waals surface area contributed by atoms with Gasteiger partial charge in [-0.25, -0.2) is 0 Å². The molecule has 1 nitrogen and oxygen atoms in total. The number of thiophene rings is 1. The van der Waals surface area contributed by atoms with E-state index in [2.05, 4.69) is 28.9 Å². The topological polar surface area (TPSA) is 26.0 Å². The smallest absolute Gasteiger partial charge is 0.0731 e. The summed E-state index contributed by atoms with van der Waals surface area (Å²) in [4.78, 5) is 1.35. The summed E-state index contributed by atoms with van der Waals surface area (Å²) in [6, 6.07) is 2.50. The SMILES string of the molecule is Cc1cc([C@H](N)C2CCCC2)sc1Br.Cl. The Labute approximate surface area is 110 Å². The van der Waals surface area contributed by atoms with E-state index in [0.717, 1.165) is 5.92 Å². The van der Waals surface area contributed by atoms with Crippen LogP contribution in [0, 0.1) is 12.8 Å². The van der Waals surface area contributed by atoms with Crippen LogP contribution in [0.3, 0.4) is 0 Å². The highest BCUT2D eigenvalue weighted by molar-refractivity contribution is 9.11. The van der Waals surface area contributed by atoms with Crippen LogP contribution in [-0.2, 0) is 0 Å². The lowest BCUT2D eigenvalue weighted by Gasteiger charge is -2.16. The molecule has 0 spiro atoms. The summed E-state index contributed by atoms with van der Waals surface area (Å²) >= 11 is 5.36. The standard InChI is InChI=1S/C11H16BrNS.ClH/c1-7-6-9(14-11(7)12)10(13)8-4-2-3-5-8;/h6,8,10H,2-5,13H2,1H3;1H/t10-;/m1./s1. The zero-order valence-corrected chi connectivity index (χ0v) is 12.1. The molecule has 1 aliphatic rings. The fraction of sp³-hybridized carbons (Fsp3) is 0.636. The van der Waals surface area contributed by atoms with Crippen molar-refractivity contribution in [1.82, 2.24) is 0 Å². The van der Waals surface area contributed by atoms with E-state index < -0.39 is 0 Å². The summed E-state index contributed by atoms with van der Waals surface area (Å²) in [7, 11) is 0. The average molecular weight is 311 g/mol. The van der Waals surface area contributed by atoms with Crippen molar-refractivity contribution in [2.45, 2.75) is 38.6 Å². The molecule has 1 fully saturated rings. The molecule has 0 bridgehead atoms. The molecule has 1 aromatic heterocycles. The average Bonchev–Trinajstić information content (AvgIpc) is 2.76. The van der Waals surface area contributed by atoms with Crippen LogP contribution in [0.15, 0.2) is 9.85 Å². The molecular formula is C11H17BrClNS. The van der Waals surface area contributed by atoms with Gasteiger partial charge < -0.3 is 5.73 Å². The molecule has 0 saturated heterocycles. The van der Waals surface area contributed by atoms with Crippen LogP contribution >= 0.6 is 39.7 Å². The Morgan fingerprint density at radius 3 is 2.53 bits per heavy atom. The van der Waals surface area contributed by atoms with Gasteiger partial charge in [0.05, 0.1) is 3.79 Å². The fourth-order valence-corrected chi connectivity index (χ4v) is 3.86. The van der Waals surface area contributed by atoms with E-state index >= 15 is 0 Å². The molecule has 1 aliphatic carbocycles. The zero-order valence-electron chi connectivity index (χ0n) is 8.83. The van der Waals surface area contributed by atoms with Crippen molar-refractivity contribution < 1.29 is 0 Å². The minimum absolute atomic E-state index is 0. The van der Waals surface area contributed by atoms with Crippen molar-refractivity contribution in [2.24, 2.45) is 11.7 Å². The lowest BCUT2D eigenvalue weighted by molar-refractivity contribution is 0.450. The molecule has 0 unspecified atom stereocenters. The van der Waals surface area contributed by atoms with Crippen LogP contribution in [-0.4, -0.2) is 0 Å². The monoisotopic (exact) mass is 309 g/mol. The van der Waals surface area contributed by atoms with Crippen molar-refractivity contribution in [3.8, 4) is 0 Å². The maximum Gasteiger partial charge on any atom is 0.0731 e. The summed E-state index contributed by atoms with van der Waals surface area (Å²) < 4.78 is 1.24. The van der Waals surface area contributed by atoms with Crippen LogP contribution in [0.2, 0.25) is 0 Å². The second kappa shape index (κ2) is 5.67. The van der Waals surface area contributed by atoms with Crippen molar-refractivity contribution in [1.29, 1.82) is 0 Å². The first-order chi connectivity index (χ1) is 6.68. The van der Waals surface area contributed by atoms with E-state index in [1.54, 1.807) is 11.3 Å². The van der Waals surface area contributed by atoms with E-state index in [9.17, 15) is 0 Å². The molecule has 1 heterocycles. The molecule has 4 heteroatoms. The summed E-state index contributed by atoms with van der Waals surface area (Å²) in [5.74, 6) is 0.722. The van der Waals surface area contributed by atoms with Gasteiger partial charge in [0.25, 0.3) is 0 Å². The van der Waals surface area contributed by atoms with Gasteiger partial charge in [-0.05, 0) is 53.2 Å². The predicted molar refractivity (Wildman–Crippen MR) is 72.9 cm³/mol. The number of hydrogen-bond acceptors (Lipinski definition) is 2. The Balaban J connectivity index is 0.00000112. The lowest BCUT2D eigenvalue weighted by atomic mass is 9.97. The van der Waals surface area contributed by atoms with E-state index in [-0.39, 0.29) is 18.4 Å². The molecule has 0 radical (unpaired) electrons. The molecule has 86 valence electrons. The maximum absolute atomic E-state index is 6.27. The molecule has 0 aromatic carbocycles. The van der Waals surface area contributed by atoms with E-state index in [4.69, 9.17) is 5.73 Å². The largest absolute Gasteiger partial charge is 0.323 e. The third-order valence-electron chi connectivity index (χ3n) is 3.11. The highest BCUT2D eigenvalue weighted by Gasteiger charge is 2.24. The third kappa shape index (κ3) is 2.96. The molecular weight excluding hydrogens is 294 g/mol. The second-order valence-electron chi connectivity index (χ2n) is 4.18. The van der Waals surface area contributed by atoms with Crippen molar-refractivity contribution in [3.63, 3.8) is 0 Å². The third-order valence-corrected chi connectivity index (χ3v) is 5.35. The summed E-state index contributed by atoms with van der Waals surface area (Å²) in [6.07, 6.45) is 5.36. The Morgan fingerprint density at radius 1 is 1.47 bits per heavy atom. The Hall–Kier alpha value is 0.430. The number of rotatable bonds is 2. The summed E-state index contributed by atoms with van der Waals surface area (Å²) in [6.45, 7) is 2.13. The maximum atomic E-state index is 6.27. The van der Waals surface area contributed by atoms with Gasteiger partial charge in [0.1, 0.15) is 0 Å². The molecule has 2 rings (SSSR count). The van der Waals surface area contributed by atoms with Gasteiger partial charge in [-0.3, -0.25) is 0 Å². The van der Waals surface area contributed by atoms with Gasteiger partial charge in [-0.2, -0.15) is 0 Å². The van der Waals surface area contributed by atoms with Gasteiger partial charge in [0, 0.05) is 10.9 Å². The first kappa shape index (κ1) is 13.5. The van der Waals surface area contributed by atoms with Crippen molar-refractivity contribution in [2.75, 3.05) is 0 Å². The highest BCUT2D eigenvalue weighted by Crippen LogP contribution is 2.39. The van der Waals surface area contributed by atoms with Gasteiger partial charge in [0.15, 0.2) is 0 Å². The minimum Gasteiger partial charge on any atom is -0.323 e. The Kier molecular flexibility index (Phi) is 5.10. The quantitative estimate of drug-likeness (QED) is 0.859. The normalized spacial score (nSPS) is 18.9. The predicted octanol–water partition coefficient (Wildman–Crippen LogP) is 4.43. The Morgan fingerprint density at radius 2 is 2.07 bits per heavy atom. The van der Waals surface area contributed by atoms with Gasteiger partial charge in [-0.15, -0.1) is 23.7 Å². The van der Waals surface area contributed by atoms with Crippen LogP contribution in [0.4, 0.5) is 0 Å². The molecule has 1 saturated carbocycles. The summed E-state index contributed by atoms with van der Waals surface area (Å²) in [5, 5.41) is 0. The summed E-state index contributed by atoms with van der Waals surface area (Å²) in [5.41, 5.74) is 7.59. The molecule has 1 aromatic rings. The Bertz CT molecular complexity index is 301. The number of aryl methyl sites for hydroxylation is 1. The van der Waals surface area contributed by atoms with E-state index in [1.165, 1.54) is 39.9 Å².